The van der Waals surface area contributed by atoms with E-state index in [9.17, 15) is 4.79 Å². The summed E-state index contributed by atoms with van der Waals surface area (Å²) in [6.07, 6.45) is 0.267. The first-order chi connectivity index (χ1) is 3.81. The molecule has 0 aromatic heterocycles. The first kappa shape index (κ1) is 7.43. The Hall–Kier alpha value is -0.570. The summed E-state index contributed by atoms with van der Waals surface area (Å²) in [5.74, 6) is -0.0909. The second kappa shape index (κ2) is 4.59. The van der Waals surface area contributed by atoms with Gasteiger partial charge in [0.05, 0.1) is 0 Å². The molecule has 0 saturated carbocycles. The van der Waals surface area contributed by atoms with Gasteiger partial charge in [-0.1, -0.05) is 0 Å². The van der Waals surface area contributed by atoms with Gasteiger partial charge in [0.2, 0.25) is 5.91 Å². The molecule has 0 atom stereocenters. The highest BCUT2D eigenvalue weighted by atomic mass is 16.5. The molecule has 0 aromatic rings. The van der Waals surface area contributed by atoms with Crippen LogP contribution in [-0.2, 0) is 9.53 Å². The lowest BCUT2D eigenvalue weighted by Crippen LogP contribution is -2.24. The molecule has 0 aliphatic heterocycles. The number of carbonyl (C=O) groups excluding carboxylic acids is 1. The molecule has 0 spiro atoms. The van der Waals surface area contributed by atoms with Crippen LogP contribution in [-0.4, -0.2) is 19.7 Å². The summed E-state index contributed by atoms with van der Waals surface area (Å²) in [6.45, 7) is 3.64. The van der Waals surface area contributed by atoms with Gasteiger partial charge >= 0.3 is 0 Å². The summed E-state index contributed by atoms with van der Waals surface area (Å²) in [4.78, 5) is 10.3. The van der Waals surface area contributed by atoms with E-state index in [4.69, 9.17) is 0 Å². The number of nitrogens with one attached hydrogen (secondary N) is 1. The monoisotopic (exact) mass is 116 g/mol. The average molecular weight is 116 g/mol. The van der Waals surface area contributed by atoms with Crippen LogP contribution in [0.2, 0.25) is 0 Å². The summed E-state index contributed by atoms with van der Waals surface area (Å²) in [5.41, 5.74) is 0. The number of amides is 1. The van der Waals surface area contributed by atoms with Gasteiger partial charge in [-0.2, -0.15) is 0 Å². The molecule has 0 aromatic carbocycles. The fraction of sp³-hybridized carbons (Fsp3) is 0.600. The first-order valence-corrected chi connectivity index (χ1v) is 2.36. The van der Waals surface area contributed by atoms with Gasteiger partial charge < -0.3 is 10.1 Å². The van der Waals surface area contributed by atoms with Crippen LogP contribution in [0, 0.1) is 6.92 Å². The van der Waals surface area contributed by atoms with Gasteiger partial charge in [-0.25, -0.2) is 0 Å². The Balaban J connectivity index is 2.99. The molecule has 0 aliphatic rings. The van der Waals surface area contributed by atoms with E-state index in [-0.39, 0.29) is 19.1 Å². The molecule has 0 aliphatic carbocycles. The Morgan fingerprint density at radius 3 is 2.88 bits per heavy atom. The minimum absolute atomic E-state index is 0.0909. The van der Waals surface area contributed by atoms with Gasteiger partial charge in [-0.05, 0) is 6.92 Å². The lowest BCUT2D eigenvalue weighted by atomic mass is 10.5. The lowest BCUT2D eigenvalue weighted by molar-refractivity contribution is -0.121. The molecule has 47 valence electrons. The standard InChI is InChI=1S/C5H10NO2/c1-3-5(7)6-4-8-2/h1,3-4H2,2H3,(H,6,7). The van der Waals surface area contributed by atoms with Crippen LogP contribution < -0.4 is 5.32 Å². The quantitative estimate of drug-likeness (QED) is 0.524. The lowest BCUT2D eigenvalue weighted by Gasteiger charge is -1.98. The maximum Gasteiger partial charge on any atom is 0.221 e. The van der Waals surface area contributed by atoms with Crippen LogP contribution in [0.15, 0.2) is 0 Å². The fourth-order valence-corrected chi connectivity index (χ4v) is 0.241. The van der Waals surface area contributed by atoms with Crippen molar-refractivity contribution < 1.29 is 9.53 Å². The fourth-order valence-electron chi connectivity index (χ4n) is 0.241. The molecule has 8 heavy (non-hydrogen) atoms. The number of ether oxygens (including phenoxy) is 1. The third-order valence-electron chi connectivity index (χ3n) is 0.641. The molecule has 3 nitrogen and oxygen atoms in total. The molecular weight excluding hydrogens is 106 g/mol. The maximum atomic E-state index is 10.3. The van der Waals surface area contributed by atoms with Crippen molar-refractivity contribution in [3.8, 4) is 0 Å². The topological polar surface area (TPSA) is 38.3 Å². The minimum Gasteiger partial charge on any atom is -0.364 e. The number of methoxy groups -OCH3 is 1. The van der Waals surface area contributed by atoms with Crippen LogP contribution >= 0.6 is 0 Å². The zero-order valence-corrected chi connectivity index (χ0v) is 4.94. The van der Waals surface area contributed by atoms with Crippen LogP contribution in [0.1, 0.15) is 6.42 Å². The second-order valence-electron chi connectivity index (χ2n) is 1.28. The van der Waals surface area contributed by atoms with E-state index in [2.05, 4.69) is 17.0 Å². The van der Waals surface area contributed by atoms with Crippen molar-refractivity contribution in [3.05, 3.63) is 6.92 Å². The molecule has 1 N–H and O–H groups in total. The van der Waals surface area contributed by atoms with E-state index >= 15 is 0 Å². The van der Waals surface area contributed by atoms with Crippen molar-refractivity contribution in [2.75, 3.05) is 13.8 Å². The van der Waals surface area contributed by atoms with Crippen LogP contribution in [0.3, 0.4) is 0 Å². The Kier molecular flexibility index (Phi) is 4.26. The van der Waals surface area contributed by atoms with E-state index in [1.54, 1.807) is 0 Å². The molecule has 0 rings (SSSR count). The summed E-state index contributed by atoms with van der Waals surface area (Å²) in [6, 6.07) is 0. The van der Waals surface area contributed by atoms with Gasteiger partial charge in [-0.3, -0.25) is 4.79 Å². The third-order valence-corrected chi connectivity index (χ3v) is 0.641. The van der Waals surface area contributed by atoms with Crippen molar-refractivity contribution in [2.45, 2.75) is 6.42 Å². The maximum absolute atomic E-state index is 10.3. The highest BCUT2D eigenvalue weighted by Crippen LogP contribution is 1.71. The van der Waals surface area contributed by atoms with Crippen molar-refractivity contribution in [3.63, 3.8) is 0 Å². The smallest absolute Gasteiger partial charge is 0.221 e. The van der Waals surface area contributed by atoms with Crippen molar-refractivity contribution in [1.82, 2.24) is 5.32 Å². The number of hydrogen-bond acceptors (Lipinski definition) is 2. The van der Waals surface area contributed by atoms with Gasteiger partial charge in [0.1, 0.15) is 6.73 Å². The SMILES string of the molecule is [CH2]CC(=O)NCOC. The Bertz CT molecular complexity index is 72.8. The van der Waals surface area contributed by atoms with E-state index in [1.165, 1.54) is 7.11 Å². The molecule has 0 heterocycles. The average Bonchev–Trinajstić information content (AvgIpc) is 1.83. The van der Waals surface area contributed by atoms with Crippen molar-refractivity contribution in [1.29, 1.82) is 0 Å². The largest absolute Gasteiger partial charge is 0.364 e. The predicted molar refractivity (Wildman–Crippen MR) is 30.0 cm³/mol. The highest BCUT2D eigenvalue weighted by molar-refractivity contribution is 5.76. The zero-order valence-electron chi connectivity index (χ0n) is 4.94. The minimum atomic E-state index is -0.0909. The summed E-state index contributed by atoms with van der Waals surface area (Å²) < 4.78 is 4.55. The van der Waals surface area contributed by atoms with Gasteiger partial charge in [-0.15, -0.1) is 0 Å². The Labute approximate surface area is 49.0 Å². The zero-order chi connectivity index (χ0) is 6.41. The highest BCUT2D eigenvalue weighted by Gasteiger charge is 1.90. The molecule has 3 heteroatoms. The Morgan fingerprint density at radius 2 is 2.50 bits per heavy atom. The molecule has 0 unspecified atom stereocenters. The van der Waals surface area contributed by atoms with E-state index in [0.717, 1.165) is 0 Å². The molecule has 0 saturated heterocycles. The summed E-state index contributed by atoms with van der Waals surface area (Å²) >= 11 is 0. The molecule has 1 radical (unpaired) electrons. The predicted octanol–water partition coefficient (Wildman–Crippen LogP) is -0.0693. The van der Waals surface area contributed by atoms with E-state index in [1.807, 2.05) is 0 Å². The number of rotatable bonds is 3. The normalized spacial score (nSPS) is 8.75. The van der Waals surface area contributed by atoms with Gasteiger partial charge in [0.25, 0.3) is 0 Å². The summed E-state index contributed by atoms with van der Waals surface area (Å²) in [5, 5.41) is 2.46. The first-order valence-electron chi connectivity index (χ1n) is 2.36. The number of carbonyl (C=O) groups is 1. The Morgan fingerprint density at radius 1 is 1.88 bits per heavy atom. The van der Waals surface area contributed by atoms with Crippen LogP contribution in [0.4, 0.5) is 0 Å². The van der Waals surface area contributed by atoms with Crippen LogP contribution in [0.25, 0.3) is 0 Å². The second-order valence-corrected chi connectivity index (χ2v) is 1.28. The van der Waals surface area contributed by atoms with Crippen molar-refractivity contribution in [2.24, 2.45) is 0 Å². The van der Waals surface area contributed by atoms with Crippen LogP contribution in [0.5, 0.6) is 0 Å². The molecule has 1 amide bonds. The van der Waals surface area contributed by atoms with E-state index in [0.29, 0.717) is 0 Å². The van der Waals surface area contributed by atoms with Gasteiger partial charge in [0, 0.05) is 13.5 Å². The number of hydrogen-bond donors (Lipinski definition) is 1. The van der Waals surface area contributed by atoms with Gasteiger partial charge in [0.15, 0.2) is 0 Å². The van der Waals surface area contributed by atoms with Crippen molar-refractivity contribution >= 4 is 5.91 Å². The molecule has 0 bridgehead atoms. The summed E-state index contributed by atoms with van der Waals surface area (Å²) in [7, 11) is 1.52. The molecule has 0 fully saturated rings. The third kappa shape index (κ3) is 3.61. The van der Waals surface area contributed by atoms with E-state index < -0.39 is 0 Å². The molecular formula is C5H10NO2.